The van der Waals surface area contributed by atoms with Gasteiger partial charge in [0.15, 0.2) is 5.82 Å². The molecule has 134 valence electrons. The van der Waals surface area contributed by atoms with Crippen LogP contribution in [-0.4, -0.2) is 49.1 Å². The molecule has 2 aromatic rings. The third-order valence-corrected chi connectivity index (χ3v) is 6.94. The van der Waals surface area contributed by atoms with Gasteiger partial charge in [-0.2, -0.15) is 9.40 Å². The van der Waals surface area contributed by atoms with Crippen molar-refractivity contribution in [2.75, 3.05) is 25.0 Å². The van der Waals surface area contributed by atoms with E-state index < -0.39 is 10.0 Å². The fraction of sp³-hybridized carbons (Fsp3) is 0.444. The minimum atomic E-state index is -3.52. The first kappa shape index (κ1) is 17.8. The highest BCUT2D eigenvalue weighted by atomic mass is 32.2. The smallest absolute Gasteiger partial charge is 0.243 e. The molecule has 0 radical (unpaired) electrons. The van der Waals surface area contributed by atoms with E-state index in [-0.39, 0.29) is 6.04 Å². The van der Waals surface area contributed by atoms with E-state index in [9.17, 15) is 8.42 Å². The minimum absolute atomic E-state index is 0.0618. The molecule has 0 amide bonds. The maximum absolute atomic E-state index is 13.1. The number of hydrogen-bond acceptors (Lipinski definition) is 5. The van der Waals surface area contributed by atoms with Gasteiger partial charge in [-0.05, 0) is 51.0 Å². The molecule has 0 spiro atoms. The Kier molecular flexibility index (Phi) is 4.55. The molecule has 1 saturated heterocycles. The fourth-order valence-corrected chi connectivity index (χ4v) is 5.09. The molecular weight excluding hydrogens is 336 g/mol. The van der Waals surface area contributed by atoms with Crippen molar-refractivity contribution in [2.24, 2.45) is 0 Å². The topological polar surface area (TPSA) is 66.4 Å². The molecule has 1 fully saturated rings. The molecule has 0 N–H and O–H groups in total. The summed E-state index contributed by atoms with van der Waals surface area (Å²) in [5.41, 5.74) is 3.53. The lowest BCUT2D eigenvalue weighted by molar-refractivity contribution is 0.309. The summed E-state index contributed by atoms with van der Waals surface area (Å²) in [5.74, 6) is 0.787. The zero-order chi connectivity index (χ0) is 18.4. The molecule has 1 aromatic heterocycles. The van der Waals surface area contributed by atoms with E-state index in [1.807, 2.05) is 56.9 Å². The molecule has 0 saturated carbocycles. The van der Waals surface area contributed by atoms with Crippen molar-refractivity contribution in [3.05, 3.63) is 46.6 Å². The molecule has 0 unspecified atom stereocenters. The van der Waals surface area contributed by atoms with E-state index in [0.717, 1.165) is 28.2 Å². The highest BCUT2D eigenvalue weighted by Gasteiger charge is 2.38. The standard InChI is InChI=1S/C18H24N4O2S/c1-12-8-13(2)18(14(3)9-12)25(23,24)21(5)16-10-22(11-16)17-7-6-15(4)19-20-17/h6-9,16H,10-11H2,1-5H3. The van der Waals surface area contributed by atoms with E-state index in [2.05, 4.69) is 10.2 Å². The molecule has 6 nitrogen and oxygen atoms in total. The van der Waals surface area contributed by atoms with Crippen molar-refractivity contribution in [1.29, 1.82) is 0 Å². The van der Waals surface area contributed by atoms with Crippen molar-refractivity contribution in [1.82, 2.24) is 14.5 Å². The molecule has 2 heterocycles. The van der Waals surface area contributed by atoms with Gasteiger partial charge in [0.05, 0.1) is 16.6 Å². The Morgan fingerprint density at radius 3 is 2.16 bits per heavy atom. The van der Waals surface area contributed by atoms with Gasteiger partial charge in [-0.1, -0.05) is 17.7 Å². The van der Waals surface area contributed by atoms with Crippen LogP contribution in [0.1, 0.15) is 22.4 Å². The first-order valence-electron chi connectivity index (χ1n) is 8.31. The number of nitrogens with zero attached hydrogens (tertiary/aromatic N) is 4. The minimum Gasteiger partial charge on any atom is -0.352 e. The van der Waals surface area contributed by atoms with Crippen molar-refractivity contribution in [3.63, 3.8) is 0 Å². The van der Waals surface area contributed by atoms with Gasteiger partial charge < -0.3 is 4.90 Å². The van der Waals surface area contributed by atoms with E-state index in [1.54, 1.807) is 7.05 Å². The molecule has 1 aliphatic rings. The molecule has 7 heteroatoms. The van der Waals surface area contributed by atoms with Gasteiger partial charge in [-0.3, -0.25) is 0 Å². The summed E-state index contributed by atoms with van der Waals surface area (Å²) in [7, 11) is -1.86. The number of sulfonamides is 1. The zero-order valence-electron chi connectivity index (χ0n) is 15.3. The number of likely N-dealkylation sites (N-methyl/N-ethyl adjacent to an activating group) is 1. The Morgan fingerprint density at radius 2 is 1.64 bits per heavy atom. The first-order valence-corrected chi connectivity index (χ1v) is 9.75. The van der Waals surface area contributed by atoms with Crippen LogP contribution in [0.25, 0.3) is 0 Å². The van der Waals surface area contributed by atoms with Gasteiger partial charge in [0.25, 0.3) is 0 Å². The first-order chi connectivity index (χ1) is 11.7. The zero-order valence-corrected chi connectivity index (χ0v) is 16.1. The average Bonchev–Trinajstić information content (AvgIpc) is 2.46. The number of aromatic nitrogens is 2. The Labute approximate surface area is 149 Å². The second kappa shape index (κ2) is 6.38. The maximum Gasteiger partial charge on any atom is 0.243 e. The van der Waals surface area contributed by atoms with Crippen molar-refractivity contribution < 1.29 is 8.42 Å². The summed E-state index contributed by atoms with van der Waals surface area (Å²) < 4.78 is 27.7. The van der Waals surface area contributed by atoms with Crippen LogP contribution in [0.3, 0.4) is 0 Å². The maximum atomic E-state index is 13.1. The summed E-state index contributed by atoms with van der Waals surface area (Å²) in [4.78, 5) is 2.46. The monoisotopic (exact) mass is 360 g/mol. The average molecular weight is 360 g/mol. The van der Waals surface area contributed by atoms with Crippen molar-refractivity contribution >= 4 is 15.8 Å². The predicted molar refractivity (Wildman–Crippen MR) is 98.4 cm³/mol. The van der Waals surface area contributed by atoms with E-state index >= 15 is 0 Å². The summed E-state index contributed by atoms with van der Waals surface area (Å²) in [5, 5.41) is 8.22. The van der Waals surface area contributed by atoms with Gasteiger partial charge in [-0.15, -0.1) is 5.10 Å². The van der Waals surface area contributed by atoms with Crippen molar-refractivity contribution in [3.8, 4) is 0 Å². The molecule has 25 heavy (non-hydrogen) atoms. The molecule has 0 bridgehead atoms. The predicted octanol–water partition coefficient (Wildman–Crippen LogP) is 2.22. The van der Waals surface area contributed by atoms with Gasteiger partial charge >= 0.3 is 0 Å². The lowest BCUT2D eigenvalue weighted by atomic mass is 10.1. The fourth-order valence-electron chi connectivity index (χ4n) is 3.35. The number of rotatable bonds is 4. The second-order valence-electron chi connectivity index (χ2n) is 6.84. The Morgan fingerprint density at radius 1 is 1.04 bits per heavy atom. The van der Waals surface area contributed by atoms with Gasteiger partial charge in [0, 0.05) is 20.1 Å². The number of hydrogen-bond donors (Lipinski definition) is 0. The van der Waals surface area contributed by atoms with E-state index in [1.165, 1.54) is 4.31 Å². The second-order valence-corrected chi connectivity index (χ2v) is 8.78. The lowest BCUT2D eigenvalue weighted by Crippen LogP contribution is -2.60. The highest BCUT2D eigenvalue weighted by molar-refractivity contribution is 7.89. The summed E-state index contributed by atoms with van der Waals surface area (Å²) in [6.07, 6.45) is 0. The molecule has 3 rings (SSSR count). The van der Waals surface area contributed by atoms with E-state index in [4.69, 9.17) is 0 Å². The van der Waals surface area contributed by atoms with Crippen molar-refractivity contribution in [2.45, 2.75) is 38.6 Å². The number of benzene rings is 1. The molecular formula is C18H24N4O2S. The largest absolute Gasteiger partial charge is 0.352 e. The quantitative estimate of drug-likeness (QED) is 0.836. The lowest BCUT2D eigenvalue weighted by Gasteiger charge is -2.43. The van der Waals surface area contributed by atoms with Gasteiger partial charge in [0.2, 0.25) is 10.0 Å². The molecule has 1 aliphatic heterocycles. The number of anilines is 1. The third kappa shape index (κ3) is 3.26. The Hall–Kier alpha value is -1.99. The van der Waals surface area contributed by atoms with Gasteiger partial charge in [0.1, 0.15) is 0 Å². The normalized spacial score (nSPS) is 15.5. The van der Waals surface area contributed by atoms with Crippen LogP contribution < -0.4 is 4.90 Å². The molecule has 0 atom stereocenters. The van der Waals surface area contributed by atoms with Crippen LogP contribution in [0.15, 0.2) is 29.2 Å². The van der Waals surface area contributed by atoms with Crippen LogP contribution in [0.5, 0.6) is 0 Å². The Bertz CT molecular complexity index is 865. The summed E-state index contributed by atoms with van der Waals surface area (Å²) in [6, 6.07) is 7.61. The van der Waals surface area contributed by atoms with Crippen LogP contribution in [0.4, 0.5) is 5.82 Å². The SMILES string of the molecule is Cc1cc(C)c(S(=O)(=O)N(C)C2CN(c3ccc(C)nn3)C2)c(C)c1. The van der Waals surface area contributed by atoms with Crippen LogP contribution in [-0.2, 0) is 10.0 Å². The molecule has 0 aliphatic carbocycles. The number of aryl methyl sites for hydroxylation is 4. The molecule has 1 aromatic carbocycles. The summed E-state index contributed by atoms with van der Waals surface area (Å²) in [6.45, 7) is 8.83. The third-order valence-electron chi connectivity index (χ3n) is 4.73. The van der Waals surface area contributed by atoms with Crippen LogP contribution in [0.2, 0.25) is 0 Å². The van der Waals surface area contributed by atoms with Gasteiger partial charge in [-0.25, -0.2) is 8.42 Å². The highest BCUT2D eigenvalue weighted by Crippen LogP contribution is 2.29. The summed E-state index contributed by atoms with van der Waals surface area (Å²) >= 11 is 0. The Balaban J connectivity index is 1.78. The van der Waals surface area contributed by atoms with Crippen LogP contribution in [0, 0.1) is 27.7 Å². The van der Waals surface area contributed by atoms with Crippen LogP contribution >= 0.6 is 0 Å². The van der Waals surface area contributed by atoms with E-state index in [0.29, 0.717) is 18.0 Å².